The summed E-state index contributed by atoms with van der Waals surface area (Å²) in [6.45, 7) is 0.621. The zero-order chi connectivity index (χ0) is 15.0. The molecule has 1 aliphatic rings. The predicted octanol–water partition coefficient (Wildman–Crippen LogP) is 4.15. The van der Waals surface area contributed by atoms with Gasteiger partial charge in [-0.05, 0) is 29.3 Å². The summed E-state index contributed by atoms with van der Waals surface area (Å²) in [5.74, 6) is 0. The van der Waals surface area contributed by atoms with Crippen molar-refractivity contribution in [2.75, 3.05) is 6.54 Å². The van der Waals surface area contributed by atoms with Crippen LogP contribution in [0.2, 0.25) is 5.02 Å². The monoisotopic (exact) mass is 349 g/mol. The first-order chi connectivity index (χ1) is 9.95. The Morgan fingerprint density at radius 1 is 1.14 bits per heavy atom. The lowest BCUT2D eigenvalue weighted by molar-refractivity contribution is -0.141. The standard InChI is InChI=1S/C14H11ClF3N3.ClH/c15-10-3-1-8(2-4-10)5-9-6-19-7-11-12(9)20-21-13(11)14(16,17)18;/h1-5,19H,6-7H2,(H,20,21);1H. The number of benzene rings is 1. The largest absolute Gasteiger partial charge is 0.433 e. The second kappa shape index (κ2) is 6.32. The lowest BCUT2D eigenvalue weighted by Crippen LogP contribution is -2.24. The van der Waals surface area contributed by atoms with Gasteiger partial charge in [0.15, 0.2) is 0 Å². The van der Waals surface area contributed by atoms with Crippen LogP contribution in [0.25, 0.3) is 11.6 Å². The molecule has 2 aromatic rings. The quantitative estimate of drug-likeness (QED) is 0.811. The highest BCUT2D eigenvalue weighted by molar-refractivity contribution is 6.30. The minimum Gasteiger partial charge on any atom is -0.308 e. The van der Waals surface area contributed by atoms with Crippen molar-refractivity contribution in [2.24, 2.45) is 0 Å². The number of aromatic amines is 1. The summed E-state index contributed by atoms with van der Waals surface area (Å²) in [4.78, 5) is 0. The molecule has 0 spiro atoms. The first-order valence-electron chi connectivity index (χ1n) is 6.27. The van der Waals surface area contributed by atoms with E-state index >= 15 is 0 Å². The van der Waals surface area contributed by atoms with Gasteiger partial charge in [-0.2, -0.15) is 18.3 Å². The average molecular weight is 350 g/mol. The summed E-state index contributed by atoms with van der Waals surface area (Å²) >= 11 is 5.81. The molecule has 22 heavy (non-hydrogen) atoms. The molecule has 0 fully saturated rings. The van der Waals surface area contributed by atoms with Gasteiger partial charge in [-0.3, -0.25) is 5.10 Å². The van der Waals surface area contributed by atoms with Crippen molar-refractivity contribution >= 4 is 35.7 Å². The fourth-order valence-electron chi connectivity index (χ4n) is 2.32. The van der Waals surface area contributed by atoms with E-state index in [2.05, 4.69) is 15.5 Å². The van der Waals surface area contributed by atoms with Gasteiger partial charge in [-0.25, -0.2) is 0 Å². The Hall–Kier alpha value is -1.50. The molecule has 1 aromatic carbocycles. The minimum atomic E-state index is -4.43. The summed E-state index contributed by atoms with van der Waals surface area (Å²) in [7, 11) is 0. The van der Waals surface area contributed by atoms with E-state index < -0.39 is 11.9 Å². The van der Waals surface area contributed by atoms with E-state index in [4.69, 9.17) is 11.6 Å². The number of fused-ring (bicyclic) bond motifs is 1. The number of H-pyrrole nitrogens is 1. The van der Waals surface area contributed by atoms with Gasteiger partial charge in [0, 0.05) is 23.7 Å². The van der Waals surface area contributed by atoms with Gasteiger partial charge in [-0.15, -0.1) is 12.4 Å². The van der Waals surface area contributed by atoms with Gasteiger partial charge in [-0.1, -0.05) is 23.7 Å². The summed E-state index contributed by atoms with van der Waals surface area (Å²) < 4.78 is 38.6. The third-order valence-electron chi connectivity index (χ3n) is 3.28. The van der Waals surface area contributed by atoms with E-state index in [0.29, 0.717) is 22.8 Å². The Morgan fingerprint density at radius 3 is 2.45 bits per heavy atom. The van der Waals surface area contributed by atoms with E-state index in [-0.39, 0.29) is 24.5 Å². The van der Waals surface area contributed by atoms with E-state index in [9.17, 15) is 13.2 Å². The smallest absolute Gasteiger partial charge is 0.308 e. The second-order valence-electron chi connectivity index (χ2n) is 4.75. The highest BCUT2D eigenvalue weighted by Crippen LogP contribution is 2.35. The minimum absolute atomic E-state index is 0. The number of nitrogens with zero attached hydrogens (tertiary/aromatic N) is 1. The van der Waals surface area contributed by atoms with Crippen LogP contribution in [0, 0.1) is 0 Å². The summed E-state index contributed by atoms with van der Waals surface area (Å²) in [5.41, 5.74) is 1.32. The molecule has 0 atom stereocenters. The van der Waals surface area contributed by atoms with E-state index in [0.717, 1.165) is 5.56 Å². The Labute approximate surface area is 136 Å². The maximum Gasteiger partial charge on any atom is 0.433 e. The number of alkyl halides is 3. The summed E-state index contributed by atoms with van der Waals surface area (Å²) in [6.07, 6.45) is -2.62. The van der Waals surface area contributed by atoms with Crippen LogP contribution in [0.15, 0.2) is 24.3 Å². The van der Waals surface area contributed by atoms with Crippen molar-refractivity contribution in [1.82, 2.24) is 15.5 Å². The molecule has 0 aliphatic carbocycles. The van der Waals surface area contributed by atoms with E-state index in [1.165, 1.54) is 0 Å². The van der Waals surface area contributed by atoms with Gasteiger partial charge < -0.3 is 5.32 Å². The number of rotatable bonds is 1. The normalized spacial score (nSPS) is 16.3. The van der Waals surface area contributed by atoms with Crippen LogP contribution < -0.4 is 5.32 Å². The molecule has 0 amide bonds. The van der Waals surface area contributed by atoms with E-state index in [1.54, 1.807) is 24.3 Å². The molecule has 3 nitrogen and oxygen atoms in total. The Balaban J connectivity index is 0.00000176. The summed E-state index contributed by atoms with van der Waals surface area (Å²) in [5, 5.41) is 9.52. The average Bonchev–Trinajstić information content (AvgIpc) is 2.86. The SMILES string of the molecule is Cl.FC(F)(F)c1[nH]nc2c1CNCC2=Cc1ccc(Cl)cc1. The fourth-order valence-corrected chi connectivity index (χ4v) is 2.45. The molecule has 0 bridgehead atoms. The molecule has 3 rings (SSSR count). The van der Waals surface area contributed by atoms with Crippen LogP contribution in [0.5, 0.6) is 0 Å². The van der Waals surface area contributed by atoms with Crippen molar-refractivity contribution in [2.45, 2.75) is 12.7 Å². The molecular weight excluding hydrogens is 338 g/mol. The van der Waals surface area contributed by atoms with Crippen LogP contribution in [0.1, 0.15) is 22.5 Å². The zero-order valence-electron chi connectivity index (χ0n) is 11.2. The van der Waals surface area contributed by atoms with Crippen molar-refractivity contribution in [3.63, 3.8) is 0 Å². The molecule has 2 heterocycles. The molecule has 1 aliphatic heterocycles. The fraction of sp³-hybridized carbons (Fsp3) is 0.214. The molecular formula is C14H12Cl2F3N3. The van der Waals surface area contributed by atoms with Crippen molar-refractivity contribution in [3.8, 4) is 0 Å². The molecule has 1 aromatic heterocycles. The number of hydrogen-bond acceptors (Lipinski definition) is 2. The Kier molecular flexibility index (Phi) is 4.84. The third kappa shape index (κ3) is 3.29. The maximum atomic E-state index is 12.9. The van der Waals surface area contributed by atoms with Crippen molar-refractivity contribution < 1.29 is 13.2 Å². The van der Waals surface area contributed by atoms with Crippen molar-refractivity contribution in [1.29, 1.82) is 0 Å². The van der Waals surface area contributed by atoms with Crippen molar-refractivity contribution in [3.05, 3.63) is 51.8 Å². The molecule has 8 heteroatoms. The lowest BCUT2D eigenvalue weighted by atomic mass is 9.99. The van der Waals surface area contributed by atoms with Gasteiger partial charge >= 0.3 is 6.18 Å². The second-order valence-corrected chi connectivity index (χ2v) is 5.18. The summed E-state index contributed by atoms with van der Waals surface area (Å²) in [6, 6.07) is 7.08. The maximum absolute atomic E-state index is 12.9. The van der Waals surface area contributed by atoms with Crippen LogP contribution in [-0.4, -0.2) is 16.7 Å². The Bertz CT molecular complexity index is 690. The van der Waals surface area contributed by atoms with Gasteiger partial charge in [0.1, 0.15) is 5.69 Å². The molecule has 0 radical (unpaired) electrons. The first kappa shape index (κ1) is 16.9. The number of hydrogen-bond donors (Lipinski definition) is 2. The number of aromatic nitrogens is 2. The number of nitrogens with one attached hydrogen (secondary N) is 2. The lowest BCUT2D eigenvalue weighted by Gasteiger charge is -2.17. The predicted molar refractivity (Wildman–Crippen MR) is 81.9 cm³/mol. The first-order valence-corrected chi connectivity index (χ1v) is 6.64. The molecule has 2 N–H and O–H groups in total. The van der Waals surface area contributed by atoms with Crippen LogP contribution in [0.3, 0.4) is 0 Å². The molecule has 0 unspecified atom stereocenters. The molecule has 0 saturated heterocycles. The van der Waals surface area contributed by atoms with Crippen LogP contribution >= 0.6 is 24.0 Å². The van der Waals surface area contributed by atoms with Gasteiger partial charge in [0.25, 0.3) is 0 Å². The van der Waals surface area contributed by atoms with Crippen LogP contribution in [-0.2, 0) is 12.7 Å². The van der Waals surface area contributed by atoms with Gasteiger partial charge in [0.05, 0.1) is 5.69 Å². The Morgan fingerprint density at radius 2 is 1.82 bits per heavy atom. The van der Waals surface area contributed by atoms with E-state index in [1.807, 2.05) is 6.08 Å². The zero-order valence-corrected chi connectivity index (χ0v) is 12.7. The van der Waals surface area contributed by atoms with Crippen LogP contribution in [0.4, 0.5) is 13.2 Å². The third-order valence-corrected chi connectivity index (χ3v) is 3.53. The molecule has 118 valence electrons. The molecule has 0 saturated carbocycles. The topological polar surface area (TPSA) is 40.7 Å². The highest BCUT2D eigenvalue weighted by atomic mass is 35.5. The highest BCUT2D eigenvalue weighted by Gasteiger charge is 2.38. The number of halogens is 5. The van der Waals surface area contributed by atoms with Gasteiger partial charge in [0.2, 0.25) is 0 Å².